The molecular formula is C22H27NO2. The predicted octanol–water partition coefficient (Wildman–Crippen LogP) is 4.89. The first-order valence-corrected chi connectivity index (χ1v) is 8.69. The maximum absolute atomic E-state index is 12.7. The second-order valence-corrected chi connectivity index (χ2v) is 7.43. The van der Waals surface area contributed by atoms with Gasteiger partial charge in [0.2, 0.25) is 0 Å². The summed E-state index contributed by atoms with van der Waals surface area (Å²) in [5, 5.41) is 0. The molecule has 0 radical (unpaired) electrons. The van der Waals surface area contributed by atoms with Gasteiger partial charge in [-0.2, -0.15) is 0 Å². The van der Waals surface area contributed by atoms with Gasteiger partial charge in [0, 0.05) is 11.1 Å². The number of nitrogens with zero attached hydrogens (tertiary/aromatic N) is 1. The molecule has 0 aliphatic heterocycles. The molecule has 0 spiro atoms. The molecule has 3 heteroatoms. The molecule has 2 rings (SSSR count). The van der Waals surface area contributed by atoms with E-state index in [1.54, 1.807) is 0 Å². The summed E-state index contributed by atoms with van der Waals surface area (Å²) in [5.41, 5.74) is 2.26. The second-order valence-electron chi connectivity index (χ2n) is 7.43. The minimum Gasteiger partial charge on any atom is -0.458 e. The molecule has 0 aliphatic carbocycles. The minimum atomic E-state index is -0.547. The van der Waals surface area contributed by atoms with E-state index >= 15 is 0 Å². The molecule has 0 unspecified atom stereocenters. The molecule has 2 aromatic carbocycles. The fourth-order valence-electron chi connectivity index (χ4n) is 2.48. The minimum absolute atomic E-state index is 0.0391. The molecule has 0 fully saturated rings. The molecule has 2 aromatic rings. The van der Waals surface area contributed by atoms with Gasteiger partial charge in [-0.1, -0.05) is 74.5 Å². The summed E-state index contributed by atoms with van der Waals surface area (Å²) in [4.78, 5) is 17.5. The van der Waals surface area contributed by atoms with Gasteiger partial charge >= 0.3 is 5.97 Å². The first-order valence-electron chi connectivity index (χ1n) is 8.69. The first kappa shape index (κ1) is 18.9. The molecule has 132 valence electrons. The van der Waals surface area contributed by atoms with E-state index in [1.165, 1.54) is 0 Å². The molecule has 25 heavy (non-hydrogen) atoms. The van der Waals surface area contributed by atoms with Crippen molar-refractivity contribution in [3.8, 4) is 0 Å². The lowest BCUT2D eigenvalue weighted by molar-refractivity contribution is -0.157. The number of aliphatic imine (C=N–C) groups is 1. The maximum Gasteiger partial charge on any atom is 0.331 e. The Morgan fingerprint density at radius 2 is 1.32 bits per heavy atom. The van der Waals surface area contributed by atoms with Crippen molar-refractivity contribution in [2.45, 2.75) is 46.3 Å². The van der Waals surface area contributed by atoms with Crippen LogP contribution in [0.1, 0.15) is 45.7 Å². The number of benzene rings is 2. The normalized spacial score (nSPS) is 12.6. The summed E-state index contributed by atoms with van der Waals surface area (Å²) in [7, 11) is 0. The second kappa shape index (κ2) is 8.11. The molecule has 0 saturated carbocycles. The lowest BCUT2D eigenvalue weighted by Gasteiger charge is -2.24. The highest BCUT2D eigenvalue weighted by atomic mass is 16.6. The maximum atomic E-state index is 12.7. The third kappa shape index (κ3) is 5.56. The molecule has 0 saturated heterocycles. The van der Waals surface area contributed by atoms with E-state index in [9.17, 15) is 4.79 Å². The van der Waals surface area contributed by atoms with Crippen LogP contribution >= 0.6 is 0 Å². The number of carbonyl (C=O) groups is 1. The fourth-order valence-corrected chi connectivity index (χ4v) is 2.48. The molecular weight excluding hydrogens is 310 g/mol. The van der Waals surface area contributed by atoms with E-state index in [0.717, 1.165) is 16.8 Å². The van der Waals surface area contributed by atoms with Crippen LogP contribution in [0.15, 0.2) is 65.7 Å². The standard InChI is InChI=1S/C22H27NO2/c1-16(2)19(21(24)25-22(3,4)5)23-20(17-12-8-6-9-13-17)18-14-10-7-11-15-18/h6-16,19H,1-5H3/t19-/m0/s1. The molecule has 0 N–H and O–H groups in total. The molecule has 1 atom stereocenters. The summed E-state index contributed by atoms with van der Waals surface area (Å²) >= 11 is 0. The van der Waals surface area contributed by atoms with Crippen LogP contribution < -0.4 is 0 Å². The Morgan fingerprint density at radius 1 is 0.880 bits per heavy atom. The van der Waals surface area contributed by atoms with E-state index in [0.29, 0.717) is 0 Å². The monoisotopic (exact) mass is 337 g/mol. The smallest absolute Gasteiger partial charge is 0.331 e. The Kier molecular flexibility index (Phi) is 6.13. The molecule has 0 amide bonds. The molecule has 0 heterocycles. The van der Waals surface area contributed by atoms with Gasteiger partial charge in [0.25, 0.3) is 0 Å². The van der Waals surface area contributed by atoms with Crippen molar-refractivity contribution in [2.24, 2.45) is 10.9 Å². The Morgan fingerprint density at radius 3 is 1.68 bits per heavy atom. The van der Waals surface area contributed by atoms with Crippen molar-refractivity contribution >= 4 is 11.7 Å². The zero-order valence-electron chi connectivity index (χ0n) is 15.7. The van der Waals surface area contributed by atoms with Crippen LogP contribution in [0.5, 0.6) is 0 Å². The zero-order chi connectivity index (χ0) is 18.4. The summed E-state index contributed by atoms with van der Waals surface area (Å²) in [6, 6.07) is 19.4. The summed E-state index contributed by atoms with van der Waals surface area (Å²) in [6.45, 7) is 9.61. The van der Waals surface area contributed by atoms with E-state index in [2.05, 4.69) is 0 Å². The van der Waals surface area contributed by atoms with E-state index in [1.807, 2.05) is 95.3 Å². The van der Waals surface area contributed by atoms with Gasteiger partial charge in [-0.25, -0.2) is 4.79 Å². The molecule has 0 aromatic heterocycles. The summed E-state index contributed by atoms with van der Waals surface area (Å²) < 4.78 is 5.59. The van der Waals surface area contributed by atoms with Gasteiger partial charge in [0.1, 0.15) is 5.60 Å². The molecule has 3 nitrogen and oxygen atoms in total. The Labute approximate surface area is 150 Å². The van der Waals surface area contributed by atoms with Crippen LogP contribution in [0.4, 0.5) is 0 Å². The van der Waals surface area contributed by atoms with Gasteiger partial charge in [-0.15, -0.1) is 0 Å². The Balaban J connectivity index is 2.48. The lowest BCUT2D eigenvalue weighted by atomic mass is 9.99. The van der Waals surface area contributed by atoms with E-state index in [4.69, 9.17) is 9.73 Å². The molecule has 0 aliphatic rings. The highest BCUT2D eigenvalue weighted by molar-refractivity contribution is 6.13. The van der Waals surface area contributed by atoms with Gasteiger partial charge < -0.3 is 4.74 Å². The SMILES string of the molecule is CC(C)[C@H](N=C(c1ccccc1)c1ccccc1)C(=O)OC(C)(C)C. The van der Waals surface area contributed by atoms with Crippen LogP contribution in [0.3, 0.4) is 0 Å². The van der Waals surface area contributed by atoms with Crippen molar-refractivity contribution in [3.05, 3.63) is 71.8 Å². The summed E-state index contributed by atoms with van der Waals surface area (Å²) in [5.74, 6) is -0.246. The number of esters is 1. The van der Waals surface area contributed by atoms with Crippen molar-refractivity contribution in [2.75, 3.05) is 0 Å². The highest BCUT2D eigenvalue weighted by Crippen LogP contribution is 2.19. The Bertz CT molecular complexity index is 671. The van der Waals surface area contributed by atoms with Crippen LogP contribution in [0, 0.1) is 5.92 Å². The summed E-state index contributed by atoms with van der Waals surface area (Å²) in [6.07, 6.45) is 0. The lowest BCUT2D eigenvalue weighted by Crippen LogP contribution is -2.34. The number of hydrogen-bond donors (Lipinski definition) is 0. The van der Waals surface area contributed by atoms with Crippen LogP contribution in [-0.4, -0.2) is 23.3 Å². The van der Waals surface area contributed by atoms with E-state index < -0.39 is 11.6 Å². The van der Waals surface area contributed by atoms with Gasteiger partial charge in [0.15, 0.2) is 6.04 Å². The van der Waals surface area contributed by atoms with Crippen LogP contribution in [-0.2, 0) is 9.53 Å². The largest absolute Gasteiger partial charge is 0.458 e. The van der Waals surface area contributed by atoms with Crippen molar-refractivity contribution in [1.82, 2.24) is 0 Å². The van der Waals surface area contributed by atoms with Gasteiger partial charge in [-0.3, -0.25) is 4.99 Å². The average Bonchev–Trinajstić information content (AvgIpc) is 2.55. The first-order chi connectivity index (χ1) is 11.8. The fraction of sp³-hybridized carbons (Fsp3) is 0.364. The third-order valence-electron chi connectivity index (χ3n) is 3.64. The van der Waals surface area contributed by atoms with Crippen molar-refractivity contribution < 1.29 is 9.53 Å². The van der Waals surface area contributed by atoms with Crippen LogP contribution in [0.2, 0.25) is 0 Å². The van der Waals surface area contributed by atoms with Gasteiger partial charge in [-0.05, 0) is 26.7 Å². The van der Waals surface area contributed by atoms with E-state index in [-0.39, 0.29) is 11.9 Å². The average molecular weight is 337 g/mol. The number of rotatable bonds is 5. The molecule has 0 bridgehead atoms. The number of hydrogen-bond acceptors (Lipinski definition) is 3. The Hall–Kier alpha value is -2.42. The van der Waals surface area contributed by atoms with Crippen molar-refractivity contribution in [3.63, 3.8) is 0 Å². The predicted molar refractivity (Wildman–Crippen MR) is 103 cm³/mol. The highest BCUT2D eigenvalue weighted by Gasteiger charge is 2.28. The quantitative estimate of drug-likeness (QED) is 0.575. The zero-order valence-corrected chi connectivity index (χ0v) is 15.7. The third-order valence-corrected chi connectivity index (χ3v) is 3.64. The van der Waals surface area contributed by atoms with Gasteiger partial charge in [0.05, 0.1) is 5.71 Å². The van der Waals surface area contributed by atoms with Crippen molar-refractivity contribution in [1.29, 1.82) is 0 Å². The van der Waals surface area contributed by atoms with Crippen LogP contribution in [0.25, 0.3) is 0 Å². The number of carbonyl (C=O) groups excluding carboxylic acids is 1. The number of ether oxygens (including phenoxy) is 1. The topological polar surface area (TPSA) is 38.7 Å².